The van der Waals surface area contributed by atoms with E-state index in [9.17, 15) is 55.5 Å². The molecule has 5 fully saturated rings. The Bertz CT molecular complexity index is 2500. The van der Waals surface area contributed by atoms with Crippen LogP contribution >= 0.6 is 0 Å². The minimum Gasteiger partial charge on any atom is -0.507 e. The van der Waals surface area contributed by atoms with Gasteiger partial charge in [0.1, 0.15) is 65.6 Å². The molecule has 0 spiro atoms. The van der Waals surface area contributed by atoms with Crippen LogP contribution in [0.25, 0.3) is 10.8 Å². The van der Waals surface area contributed by atoms with Crippen LogP contribution in [-0.4, -0.2) is 225 Å². The van der Waals surface area contributed by atoms with Gasteiger partial charge in [-0.2, -0.15) is 0 Å². The van der Waals surface area contributed by atoms with Crippen LogP contribution in [0.2, 0.25) is 0 Å². The largest absolute Gasteiger partial charge is 0.507 e. The second-order valence-electron chi connectivity index (χ2n) is 22.5. The van der Waals surface area contributed by atoms with Gasteiger partial charge in [-0.3, -0.25) is 14.4 Å². The first kappa shape index (κ1) is 62.2. The molecule has 0 aromatic heterocycles. The van der Waals surface area contributed by atoms with Gasteiger partial charge in [0, 0.05) is 64.7 Å². The van der Waals surface area contributed by atoms with Crippen molar-refractivity contribution in [2.75, 3.05) is 14.2 Å². The lowest BCUT2D eigenvalue weighted by atomic mass is 9.75. The van der Waals surface area contributed by atoms with Crippen molar-refractivity contribution in [2.24, 2.45) is 5.92 Å². The van der Waals surface area contributed by atoms with Gasteiger partial charge in [0.15, 0.2) is 42.8 Å². The standard InChI is InChI=1S/C55H80O25/c1-20-32(76-37-16-33(45(61)22(3)70-37)77-36-15-31(58)51(68-10)25(6)73-36)14-29-12-28-13-30(52(69-11)50(66)44(60)21(2)56)53(49(65)42(28)48(64)41(29)43(20)59)80-39-18-34(46(62)24(5)72-39)78-38-17-35(47(63)23(4)71-38)79-40-19-55(9,67)54(26(7)74-40)75-27(8)57/h12,14,21-26,30-31,33-40,44-47,51-54,56,58-64,67H,13,15-19H2,1-11H3/t21-,22-,23-,24-,25-,26+,30+,31-,33-,34-,35-,36-,37+,38+,39+,40+,44+,45+,46-,47-,51+,52+,53+,54+,55+/m1/s1. The van der Waals surface area contributed by atoms with Crippen molar-refractivity contribution in [1.29, 1.82) is 0 Å². The highest BCUT2D eigenvalue weighted by Gasteiger charge is 2.52. The van der Waals surface area contributed by atoms with Crippen molar-refractivity contribution in [2.45, 2.75) is 248 Å². The zero-order valence-electron chi connectivity index (χ0n) is 46.8. The van der Waals surface area contributed by atoms with Gasteiger partial charge in [0.2, 0.25) is 6.29 Å². The summed E-state index contributed by atoms with van der Waals surface area (Å²) in [6.07, 6.45) is -25.7. The van der Waals surface area contributed by atoms with Crippen molar-refractivity contribution in [3.05, 3.63) is 28.8 Å². The molecule has 0 unspecified atom stereocenters. The number of fused-ring (bicyclic) bond motifs is 2. The number of phenols is 2. The van der Waals surface area contributed by atoms with Crippen LogP contribution in [0.1, 0.15) is 109 Å². The van der Waals surface area contributed by atoms with Gasteiger partial charge in [-0.15, -0.1) is 0 Å². The van der Waals surface area contributed by atoms with Crippen molar-refractivity contribution in [3.8, 4) is 17.2 Å². The maximum absolute atomic E-state index is 15.1. The van der Waals surface area contributed by atoms with Crippen LogP contribution in [0.15, 0.2) is 12.1 Å². The summed E-state index contributed by atoms with van der Waals surface area (Å²) < 4.78 is 78.0. The second kappa shape index (κ2) is 25.2. The van der Waals surface area contributed by atoms with E-state index in [-0.39, 0.29) is 71.7 Å². The van der Waals surface area contributed by atoms with E-state index in [2.05, 4.69) is 0 Å². The van der Waals surface area contributed by atoms with Gasteiger partial charge in [0.05, 0.1) is 72.0 Å². The zero-order chi connectivity index (χ0) is 58.6. The number of aromatic hydroxyl groups is 2. The third-order valence-corrected chi connectivity index (χ3v) is 16.4. The number of Topliss-reactive ketones (excluding diaryl/α,β-unsaturated/α-hetero) is 2. The first-order valence-electron chi connectivity index (χ1n) is 27.3. The molecule has 25 heteroatoms. The smallest absolute Gasteiger partial charge is 0.303 e. The quantitative estimate of drug-likeness (QED) is 0.0997. The third kappa shape index (κ3) is 12.9. The van der Waals surface area contributed by atoms with Crippen LogP contribution in [-0.2, 0) is 72.9 Å². The maximum atomic E-state index is 15.1. The molecule has 9 N–H and O–H groups in total. The van der Waals surface area contributed by atoms with Gasteiger partial charge in [-0.25, -0.2) is 0 Å². The van der Waals surface area contributed by atoms with Crippen molar-refractivity contribution >= 4 is 28.3 Å². The number of ether oxygens (including phenoxy) is 13. The fraction of sp³-hybridized carbons (Fsp3) is 0.764. The SMILES string of the molecule is CO[C@@H]1[C@H](O)C[C@@H](O[C@@H]2C[C@H](Oc3cc4cc5c(c(O)c4c(O)c3C)C(=O)[C@@H](O[C@H]3C[C@@H](O[C@H]4C[C@@H](O[C@H]6C[C@](C)(O)[C@@H](OC(C)=O)[C@H](C)O6)[C@H](O)[C@@H](C)O4)[C@H](O)[C@@H](C)O3)[C@H]([C@H](OC)C(=O)[C@@H](O)[C@@H](C)O)C5)O[C@H](C)[C@@H]2O)O[C@@H]1C. The highest BCUT2D eigenvalue weighted by atomic mass is 16.7. The Kier molecular flexibility index (Phi) is 19.6. The Labute approximate surface area is 463 Å². The number of rotatable bonds is 17. The molecule has 5 heterocycles. The number of aliphatic hydroxyl groups excluding tert-OH is 6. The second-order valence-corrected chi connectivity index (χ2v) is 22.5. The molecule has 25 nitrogen and oxygen atoms in total. The van der Waals surface area contributed by atoms with Gasteiger partial charge in [-0.05, 0) is 84.9 Å². The lowest BCUT2D eigenvalue weighted by Gasteiger charge is -2.46. The molecule has 25 atom stereocenters. The molecule has 1 aliphatic carbocycles. The molecule has 450 valence electrons. The molecular formula is C55H80O25. The highest BCUT2D eigenvalue weighted by Crippen LogP contribution is 2.48. The van der Waals surface area contributed by atoms with Crippen molar-refractivity contribution in [3.63, 3.8) is 0 Å². The maximum Gasteiger partial charge on any atom is 0.303 e. The zero-order valence-corrected chi connectivity index (χ0v) is 46.8. The molecule has 5 saturated heterocycles. The van der Waals surface area contributed by atoms with Crippen molar-refractivity contribution < 1.29 is 122 Å². The highest BCUT2D eigenvalue weighted by molar-refractivity contribution is 6.11. The average molecular weight is 1140 g/mol. The van der Waals surface area contributed by atoms with Gasteiger partial charge < -0.3 is 108 Å². The number of carbonyl (C=O) groups excluding carboxylic acids is 3. The Morgan fingerprint density at radius 1 is 0.713 bits per heavy atom. The van der Waals surface area contributed by atoms with E-state index in [1.165, 1.54) is 61.0 Å². The first-order chi connectivity index (χ1) is 37.6. The van der Waals surface area contributed by atoms with E-state index in [0.29, 0.717) is 0 Å². The summed E-state index contributed by atoms with van der Waals surface area (Å²) in [5, 5.41) is 101. The fourth-order valence-corrected chi connectivity index (χ4v) is 12.1. The lowest BCUT2D eigenvalue weighted by Crippen LogP contribution is -2.59. The van der Waals surface area contributed by atoms with Gasteiger partial charge >= 0.3 is 5.97 Å². The topological polar surface area (TPSA) is 353 Å². The predicted octanol–water partition coefficient (Wildman–Crippen LogP) is 0.976. The van der Waals surface area contributed by atoms with E-state index in [4.69, 9.17) is 61.6 Å². The summed E-state index contributed by atoms with van der Waals surface area (Å²) in [5.74, 6) is -4.65. The molecule has 6 aliphatic rings. The molecule has 8 rings (SSSR count). The Morgan fingerprint density at radius 2 is 1.23 bits per heavy atom. The number of esters is 1. The molecule has 80 heavy (non-hydrogen) atoms. The number of hydrogen-bond acceptors (Lipinski definition) is 25. The molecule has 2 aromatic carbocycles. The number of carbonyl (C=O) groups is 3. The Hall–Kier alpha value is -3.81. The van der Waals surface area contributed by atoms with E-state index < -0.39 is 182 Å². The lowest BCUT2D eigenvalue weighted by molar-refractivity contribution is -0.334. The summed E-state index contributed by atoms with van der Waals surface area (Å²) >= 11 is 0. The van der Waals surface area contributed by atoms with E-state index in [1.807, 2.05) is 0 Å². The van der Waals surface area contributed by atoms with E-state index in [1.54, 1.807) is 27.7 Å². The number of ketones is 2. The van der Waals surface area contributed by atoms with Gasteiger partial charge in [0.25, 0.3) is 0 Å². The molecule has 2 aromatic rings. The number of hydrogen-bond donors (Lipinski definition) is 9. The van der Waals surface area contributed by atoms with Gasteiger partial charge in [-0.1, -0.05) is 0 Å². The van der Waals surface area contributed by atoms with Crippen LogP contribution in [0.4, 0.5) is 0 Å². The minimum atomic E-state index is -1.95. The molecule has 0 radical (unpaired) electrons. The summed E-state index contributed by atoms with van der Waals surface area (Å²) in [7, 11) is 2.66. The molecule has 5 aliphatic heterocycles. The Morgan fingerprint density at radius 3 is 1.75 bits per heavy atom. The summed E-state index contributed by atoms with van der Waals surface area (Å²) in [4.78, 5) is 40.8. The number of methoxy groups -OCH3 is 2. The minimum absolute atomic E-state index is 0.00805. The third-order valence-electron chi connectivity index (χ3n) is 16.4. The number of aliphatic hydroxyl groups is 7. The van der Waals surface area contributed by atoms with Crippen LogP contribution < -0.4 is 4.74 Å². The monoisotopic (exact) mass is 1140 g/mol. The van der Waals surface area contributed by atoms with Crippen LogP contribution in [0.3, 0.4) is 0 Å². The van der Waals surface area contributed by atoms with Crippen molar-refractivity contribution in [1.82, 2.24) is 0 Å². The molecule has 0 bridgehead atoms. The normalized spacial score (nSPS) is 40.9. The van der Waals surface area contributed by atoms with E-state index in [0.717, 1.165) is 0 Å². The Balaban J connectivity index is 1.03. The molecular weight excluding hydrogens is 1060 g/mol. The fourth-order valence-electron chi connectivity index (χ4n) is 12.1. The van der Waals surface area contributed by atoms with Crippen LogP contribution in [0, 0.1) is 12.8 Å². The summed E-state index contributed by atoms with van der Waals surface area (Å²) in [5.41, 5.74) is -1.46. The predicted molar refractivity (Wildman–Crippen MR) is 273 cm³/mol. The van der Waals surface area contributed by atoms with Crippen LogP contribution in [0.5, 0.6) is 17.2 Å². The summed E-state index contributed by atoms with van der Waals surface area (Å²) in [6, 6.07) is 3.05. The molecule has 0 saturated carbocycles. The summed E-state index contributed by atoms with van der Waals surface area (Å²) in [6.45, 7) is 13.6. The average Bonchev–Trinajstić information content (AvgIpc) is 3.39. The first-order valence-corrected chi connectivity index (χ1v) is 27.3. The van der Waals surface area contributed by atoms with E-state index >= 15 is 4.79 Å². The molecule has 0 amide bonds. The number of benzene rings is 2. The number of phenolic OH excluding ortho intramolecular Hbond substituents is 2.